The van der Waals surface area contributed by atoms with Crippen LogP contribution >= 0.6 is 11.6 Å². The molecule has 0 fully saturated rings. The Kier molecular flexibility index (Phi) is 3.04. The highest BCUT2D eigenvalue weighted by Crippen LogP contribution is 2.27. The summed E-state index contributed by atoms with van der Waals surface area (Å²) in [5, 5.41) is 0.656. The standard InChI is InChI=1S/C13H18ClN3/c1-13(2,3)7-8-17-10-6-4-5-9(14)11(10)16-12(17)15/h4-6H,7-8H2,1-3H3,(H2,15,16). The predicted molar refractivity (Wildman–Crippen MR) is 73.2 cm³/mol. The van der Waals surface area contributed by atoms with E-state index in [-0.39, 0.29) is 5.41 Å². The summed E-state index contributed by atoms with van der Waals surface area (Å²) in [5.41, 5.74) is 8.03. The molecule has 17 heavy (non-hydrogen) atoms. The highest BCUT2D eigenvalue weighted by atomic mass is 35.5. The highest BCUT2D eigenvalue weighted by molar-refractivity contribution is 6.35. The number of aryl methyl sites for hydroxylation is 1. The summed E-state index contributed by atoms with van der Waals surface area (Å²) in [6.07, 6.45) is 1.05. The Morgan fingerprint density at radius 3 is 2.71 bits per heavy atom. The van der Waals surface area contributed by atoms with Gasteiger partial charge in [0.15, 0.2) is 0 Å². The Hall–Kier alpha value is -1.22. The largest absolute Gasteiger partial charge is 0.369 e. The molecule has 0 bridgehead atoms. The number of nitrogens with zero attached hydrogens (tertiary/aromatic N) is 2. The van der Waals surface area contributed by atoms with Crippen LogP contribution in [0.15, 0.2) is 18.2 Å². The number of anilines is 1. The van der Waals surface area contributed by atoms with Crippen molar-refractivity contribution in [3.63, 3.8) is 0 Å². The summed E-state index contributed by atoms with van der Waals surface area (Å²) in [4.78, 5) is 4.32. The molecule has 0 unspecified atom stereocenters. The van der Waals surface area contributed by atoms with Crippen LogP contribution < -0.4 is 5.73 Å². The smallest absolute Gasteiger partial charge is 0.201 e. The third-order valence-corrected chi connectivity index (χ3v) is 3.15. The Labute approximate surface area is 107 Å². The van der Waals surface area contributed by atoms with Crippen LogP contribution in [0, 0.1) is 5.41 Å². The monoisotopic (exact) mass is 251 g/mol. The van der Waals surface area contributed by atoms with Gasteiger partial charge in [0.2, 0.25) is 5.95 Å². The number of nitrogen functional groups attached to an aromatic ring is 1. The van der Waals surface area contributed by atoms with Crippen LogP contribution in [0.1, 0.15) is 27.2 Å². The van der Waals surface area contributed by atoms with E-state index in [1.54, 1.807) is 0 Å². The lowest BCUT2D eigenvalue weighted by Gasteiger charge is -2.18. The number of imidazole rings is 1. The molecule has 0 radical (unpaired) electrons. The number of nitrogens with two attached hydrogens (primary N) is 1. The summed E-state index contributed by atoms with van der Waals surface area (Å²) < 4.78 is 2.03. The van der Waals surface area contributed by atoms with Crippen molar-refractivity contribution in [2.45, 2.75) is 33.7 Å². The molecule has 0 saturated heterocycles. The average molecular weight is 252 g/mol. The molecular weight excluding hydrogens is 234 g/mol. The maximum Gasteiger partial charge on any atom is 0.201 e. The van der Waals surface area contributed by atoms with Crippen molar-refractivity contribution in [3.8, 4) is 0 Å². The molecule has 1 aromatic heterocycles. The van der Waals surface area contributed by atoms with Crippen molar-refractivity contribution in [2.24, 2.45) is 5.41 Å². The van der Waals surface area contributed by atoms with Crippen LogP contribution in [0.4, 0.5) is 5.95 Å². The summed E-state index contributed by atoms with van der Waals surface area (Å²) in [6, 6.07) is 5.77. The van der Waals surface area contributed by atoms with Crippen molar-refractivity contribution in [3.05, 3.63) is 23.2 Å². The Morgan fingerprint density at radius 2 is 2.06 bits per heavy atom. The fourth-order valence-corrected chi connectivity index (χ4v) is 2.02. The normalized spacial score (nSPS) is 12.2. The number of hydrogen-bond acceptors (Lipinski definition) is 2. The number of rotatable bonds is 2. The van der Waals surface area contributed by atoms with Gasteiger partial charge in [-0.15, -0.1) is 0 Å². The van der Waals surface area contributed by atoms with Crippen LogP contribution in [0.25, 0.3) is 11.0 Å². The fraction of sp³-hybridized carbons (Fsp3) is 0.462. The molecular formula is C13H18ClN3. The van der Waals surface area contributed by atoms with Crippen LogP contribution in [0.2, 0.25) is 5.02 Å². The molecule has 2 aromatic rings. The molecule has 0 atom stereocenters. The van der Waals surface area contributed by atoms with Gasteiger partial charge in [-0.05, 0) is 24.0 Å². The molecule has 4 heteroatoms. The SMILES string of the molecule is CC(C)(C)CCn1c(N)nc2c(Cl)cccc21. The van der Waals surface area contributed by atoms with Crippen LogP contribution in [-0.2, 0) is 6.54 Å². The number of aromatic nitrogens is 2. The lowest BCUT2D eigenvalue weighted by atomic mass is 9.92. The maximum absolute atomic E-state index is 6.10. The van der Waals surface area contributed by atoms with E-state index in [2.05, 4.69) is 25.8 Å². The first-order valence-corrected chi connectivity index (χ1v) is 6.16. The number of para-hydroxylation sites is 1. The topological polar surface area (TPSA) is 43.8 Å². The number of fused-ring (bicyclic) bond motifs is 1. The van der Waals surface area contributed by atoms with E-state index in [9.17, 15) is 0 Å². The van der Waals surface area contributed by atoms with Crippen LogP contribution in [-0.4, -0.2) is 9.55 Å². The molecule has 0 aliphatic heterocycles. The van der Waals surface area contributed by atoms with Crippen molar-refractivity contribution in [2.75, 3.05) is 5.73 Å². The van der Waals surface area contributed by atoms with E-state index >= 15 is 0 Å². The molecule has 2 rings (SSSR count). The van der Waals surface area contributed by atoms with E-state index in [0.717, 1.165) is 24.0 Å². The first-order valence-electron chi connectivity index (χ1n) is 5.79. The summed E-state index contributed by atoms with van der Waals surface area (Å²) >= 11 is 6.10. The van der Waals surface area contributed by atoms with E-state index < -0.39 is 0 Å². The molecule has 1 heterocycles. The van der Waals surface area contributed by atoms with Crippen molar-refractivity contribution in [1.29, 1.82) is 0 Å². The lowest BCUT2D eigenvalue weighted by Crippen LogP contribution is -2.12. The maximum atomic E-state index is 6.10. The third-order valence-electron chi connectivity index (χ3n) is 2.84. The van der Waals surface area contributed by atoms with E-state index in [1.807, 2.05) is 22.8 Å². The Balaban J connectivity index is 2.40. The first-order chi connectivity index (χ1) is 7.88. The molecule has 0 spiro atoms. The molecule has 1 aromatic carbocycles. The van der Waals surface area contributed by atoms with Gasteiger partial charge < -0.3 is 10.3 Å². The van der Waals surface area contributed by atoms with Gasteiger partial charge in [0, 0.05) is 6.54 Å². The predicted octanol–water partition coefficient (Wildman–Crippen LogP) is 3.71. The van der Waals surface area contributed by atoms with E-state index in [0.29, 0.717) is 11.0 Å². The van der Waals surface area contributed by atoms with Gasteiger partial charge in [0.1, 0.15) is 5.52 Å². The van der Waals surface area contributed by atoms with Gasteiger partial charge in [-0.1, -0.05) is 38.4 Å². The molecule has 0 aliphatic carbocycles. The van der Waals surface area contributed by atoms with Crippen LogP contribution in [0.5, 0.6) is 0 Å². The fourth-order valence-electron chi connectivity index (χ4n) is 1.81. The molecule has 2 N–H and O–H groups in total. The number of halogens is 1. The van der Waals surface area contributed by atoms with E-state index in [1.165, 1.54) is 0 Å². The van der Waals surface area contributed by atoms with Gasteiger partial charge in [0.25, 0.3) is 0 Å². The minimum Gasteiger partial charge on any atom is -0.369 e. The zero-order chi connectivity index (χ0) is 12.6. The zero-order valence-electron chi connectivity index (χ0n) is 10.5. The van der Waals surface area contributed by atoms with Gasteiger partial charge in [0.05, 0.1) is 10.5 Å². The van der Waals surface area contributed by atoms with E-state index in [4.69, 9.17) is 17.3 Å². The number of hydrogen-bond donors (Lipinski definition) is 1. The first kappa shape index (κ1) is 12.2. The molecule has 3 nitrogen and oxygen atoms in total. The lowest BCUT2D eigenvalue weighted by molar-refractivity contribution is 0.354. The molecule has 92 valence electrons. The molecule has 0 amide bonds. The second-order valence-corrected chi connectivity index (χ2v) is 5.95. The highest BCUT2D eigenvalue weighted by Gasteiger charge is 2.14. The van der Waals surface area contributed by atoms with Crippen LogP contribution in [0.3, 0.4) is 0 Å². The van der Waals surface area contributed by atoms with Gasteiger partial charge in [-0.2, -0.15) is 0 Å². The third kappa shape index (κ3) is 2.55. The molecule has 0 aliphatic rings. The number of benzene rings is 1. The van der Waals surface area contributed by atoms with Gasteiger partial charge in [-0.25, -0.2) is 4.98 Å². The quantitative estimate of drug-likeness (QED) is 0.884. The average Bonchev–Trinajstić information content (AvgIpc) is 2.52. The minimum atomic E-state index is 0.279. The van der Waals surface area contributed by atoms with Crippen molar-refractivity contribution >= 4 is 28.6 Å². The molecule has 0 saturated carbocycles. The van der Waals surface area contributed by atoms with Gasteiger partial charge in [-0.3, -0.25) is 0 Å². The van der Waals surface area contributed by atoms with Crippen molar-refractivity contribution < 1.29 is 0 Å². The minimum absolute atomic E-state index is 0.279. The second kappa shape index (κ2) is 4.22. The summed E-state index contributed by atoms with van der Waals surface area (Å²) in [6.45, 7) is 7.52. The zero-order valence-corrected chi connectivity index (χ0v) is 11.3. The Bertz CT molecular complexity index is 537. The van der Waals surface area contributed by atoms with Gasteiger partial charge >= 0.3 is 0 Å². The summed E-state index contributed by atoms with van der Waals surface area (Å²) in [5.74, 6) is 0.539. The van der Waals surface area contributed by atoms with Crippen molar-refractivity contribution in [1.82, 2.24) is 9.55 Å². The Morgan fingerprint density at radius 1 is 1.35 bits per heavy atom. The second-order valence-electron chi connectivity index (χ2n) is 5.54. The summed E-state index contributed by atoms with van der Waals surface area (Å²) in [7, 11) is 0.